The fourth-order valence-electron chi connectivity index (χ4n) is 4.62. The van der Waals surface area contributed by atoms with Crippen molar-refractivity contribution in [1.82, 2.24) is 10.2 Å². The summed E-state index contributed by atoms with van der Waals surface area (Å²) in [5, 5.41) is 2.69. The van der Waals surface area contributed by atoms with Crippen LogP contribution in [0.3, 0.4) is 0 Å². The average molecular weight is 586 g/mol. The minimum absolute atomic E-state index is 0.0124. The van der Waals surface area contributed by atoms with Crippen LogP contribution in [0, 0.1) is 6.92 Å². The number of rotatable bonds is 12. The Hall–Kier alpha value is -4.63. The van der Waals surface area contributed by atoms with Crippen LogP contribution in [0.15, 0.2) is 114 Å². The van der Waals surface area contributed by atoms with E-state index in [0.717, 1.165) is 21.0 Å². The number of methoxy groups -OCH3 is 1. The molecule has 0 bridgehead atoms. The van der Waals surface area contributed by atoms with Crippen LogP contribution < -0.4 is 14.4 Å². The third-order valence-electron chi connectivity index (χ3n) is 6.96. The van der Waals surface area contributed by atoms with Crippen molar-refractivity contribution in [2.75, 3.05) is 25.0 Å². The van der Waals surface area contributed by atoms with E-state index in [1.54, 1.807) is 36.4 Å². The topological polar surface area (TPSA) is 96.0 Å². The van der Waals surface area contributed by atoms with Gasteiger partial charge < -0.3 is 15.0 Å². The summed E-state index contributed by atoms with van der Waals surface area (Å²) in [5.74, 6) is -0.348. The van der Waals surface area contributed by atoms with Gasteiger partial charge in [0.2, 0.25) is 11.8 Å². The molecule has 0 saturated heterocycles. The van der Waals surface area contributed by atoms with Gasteiger partial charge in [-0.25, -0.2) is 8.42 Å². The molecule has 9 heteroatoms. The fraction of sp³-hybridized carbons (Fsp3) is 0.212. The van der Waals surface area contributed by atoms with E-state index in [0.29, 0.717) is 11.4 Å². The van der Waals surface area contributed by atoms with Gasteiger partial charge in [-0.3, -0.25) is 13.9 Å². The van der Waals surface area contributed by atoms with E-state index in [4.69, 9.17) is 4.74 Å². The molecule has 0 unspecified atom stereocenters. The van der Waals surface area contributed by atoms with Crippen molar-refractivity contribution in [2.45, 2.75) is 30.8 Å². The Kier molecular flexibility index (Phi) is 9.98. The Morgan fingerprint density at radius 3 is 1.93 bits per heavy atom. The summed E-state index contributed by atoms with van der Waals surface area (Å²) < 4.78 is 34.3. The number of carbonyl (C=O) groups excluding carboxylic acids is 2. The number of benzene rings is 4. The van der Waals surface area contributed by atoms with Crippen molar-refractivity contribution in [2.24, 2.45) is 0 Å². The number of anilines is 1. The Bertz CT molecular complexity index is 1580. The maximum atomic E-state index is 14.2. The largest absolute Gasteiger partial charge is 0.497 e. The molecule has 8 nitrogen and oxygen atoms in total. The zero-order chi connectivity index (χ0) is 30.1. The summed E-state index contributed by atoms with van der Waals surface area (Å²) >= 11 is 0. The first kappa shape index (κ1) is 30.3. The van der Waals surface area contributed by atoms with E-state index in [2.05, 4.69) is 5.32 Å². The zero-order valence-electron chi connectivity index (χ0n) is 23.9. The van der Waals surface area contributed by atoms with E-state index in [9.17, 15) is 18.0 Å². The lowest BCUT2D eigenvalue weighted by Crippen LogP contribution is -2.53. The standard InChI is InChI=1S/C33H35N3O5S/c1-25-14-16-28(17-15-25)36(42(39,40)30-20-18-29(41-3)19-21-30)24-32(37)35(23-27-12-8-5-9-13-27)31(33(38)34-2)22-26-10-6-4-7-11-26/h4-21,31H,22-24H2,1-3H3,(H,34,38)/t31-/m0/s1. The molecule has 1 N–H and O–H groups in total. The van der Waals surface area contributed by atoms with Crippen LogP contribution in [0.1, 0.15) is 16.7 Å². The molecule has 0 heterocycles. The molecule has 0 aliphatic rings. The molecule has 4 aromatic rings. The number of sulfonamides is 1. The summed E-state index contributed by atoms with van der Waals surface area (Å²) in [5.41, 5.74) is 2.97. The summed E-state index contributed by atoms with van der Waals surface area (Å²) in [6.45, 7) is 1.51. The molecule has 4 rings (SSSR count). The van der Waals surface area contributed by atoms with E-state index in [-0.39, 0.29) is 23.8 Å². The molecular weight excluding hydrogens is 550 g/mol. The molecule has 0 spiro atoms. The van der Waals surface area contributed by atoms with Gasteiger partial charge in [-0.1, -0.05) is 78.4 Å². The summed E-state index contributed by atoms with van der Waals surface area (Å²) in [6.07, 6.45) is 0.259. The number of hydrogen-bond acceptors (Lipinski definition) is 5. The number of ether oxygens (including phenoxy) is 1. The second kappa shape index (κ2) is 13.8. The normalized spacial score (nSPS) is 11.8. The Balaban J connectivity index is 1.76. The van der Waals surface area contributed by atoms with E-state index < -0.39 is 28.5 Å². The van der Waals surface area contributed by atoms with Crippen LogP contribution >= 0.6 is 0 Å². The van der Waals surface area contributed by atoms with Crippen LogP contribution in [0.5, 0.6) is 5.75 Å². The lowest BCUT2D eigenvalue weighted by molar-refractivity contribution is -0.139. The Morgan fingerprint density at radius 1 is 0.810 bits per heavy atom. The number of amides is 2. The number of aryl methyl sites for hydroxylation is 1. The third-order valence-corrected chi connectivity index (χ3v) is 8.75. The van der Waals surface area contributed by atoms with Crippen LogP contribution in [0.25, 0.3) is 0 Å². The van der Waals surface area contributed by atoms with E-state index >= 15 is 0 Å². The number of hydrogen-bond donors (Lipinski definition) is 1. The molecule has 218 valence electrons. The highest BCUT2D eigenvalue weighted by molar-refractivity contribution is 7.92. The first-order valence-corrected chi connectivity index (χ1v) is 15.0. The maximum absolute atomic E-state index is 14.2. The second-order valence-corrected chi connectivity index (χ2v) is 11.7. The van der Waals surface area contributed by atoms with Crippen molar-refractivity contribution >= 4 is 27.5 Å². The van der Waals surface area contributed by atoms with Crippen molar-refractivity contribution in [3.8, 4) is 5.75 Å². The Labute approximate surface area is 247 Å². The highest BCUT2D eigenvalue weighted by Gasteiger charge is 2.34. The highest BCUT2D eigenvalue weighted by atomic mass is 32.2. The lowest BCUT2D eigenvalue weighted by Gasteiger charge is -2.33. The lowest BCUT2D eigenvalue weighted by atomic mass is 10.0. The molecule has 4 aromatic carbocycles. The summed E-state index contributed by atoms with van der Waals surface area (Å²) in [7, 11) is -1.15. The van der Waals surface area contributed by atoms with Gasteiger partial charge in [0.1, 0.15) is 18.3 Å². The highest BCUT2D eigenvalue weighted by Crippen LogP contribution is 2.26. The van der Waals surface area contributed by atoms with Crippen LogP contribution in [-0.2, 0) is 32.6 Å². The number of likely N-dealkylation sites (N-methyl/N-ethyl adjacent to an activating group) is 1. The molecule has 2 amide bonds. The average Bonchev–Trinajstić information content (AvgIpc) is 3.02. The first-order chi connectivity index (χ1) is 20.2. The number of nitrogens with zero attached hydrogens (tertiary/aromatic N) is 2. The van der Waals surface area contributed by atoms with Gasteiger partial charge in [-0.2, -0.15) is 0 Å². The molecular formula is C33H35N3O5S. The van der Waals surface area contributed by atoms with E-state index in [1.165, 1.54) is 31.2 Å². The quantitative estimate of drug-likeness (QED) is 0.263. The van der Waals surface area contributed by atoms with Crippen LogP contribution in [0.2, 0.25) is 0 Å². The molecule has 0 aliphatic carbocycles. The van der Waals surface area contributed by atoms with Crippen LogP contribution in [-0.4, -0.2) is 51.9 Å². The van der Waals surface area contributed by atoms with Crippen LogP contribution in [0.4, 0.5) is 5.69 Å². The van der Waals surface area contributed by atoms with Gasteiger partial charge in [0.05, 0.1) is 17.7 Å². The predicted octanol–water partition coefficient (Wildman–Crippen LogP) is 4.59. The molecule has 0 saturated carbocycles. The van der Waals surface area contributed by atoms with E-state index in [1.807, 2.05) is 67.6 Å². The number of carbonyl (C=O) groups is 2. The van der Waals surface area contributed by atoms with Crippen molar-refractivity contribution < 1.29 is 22.7 Å². The summed E-state index contributed by atoms with van der Waals surface area (Å²) in [4.78, 5) is 29.0. The molecule has 1 atom stereocenters. The monoisotopic (exact) mass is 585 g/mol. The fourth-order valence-corrected chi connectivity index (χ4v) is 6.03. The van der Waals surface area contributed by atoms with Crippen molar-refractivity contribution in [3.63, 3.8) is 0 Å². The first-order valence-electron chi connectivity index (χ1n) is 13.6. The zero-order valence-corrected chi connectivity index (χ0v) is 24.8. The molecule has 0 radical (unpaired) electrons. The minimum Gasteiger partial charge on any atom is -0.497 e. The molecule has 0 aliphatic heterocycles. The Morgan fingerprint density at radius 2 is 1.38 bits per heavy atom. The molecule has 42 heavy (non-hydrogen) atoms. The minimum atomic E-state index is -4.17. The number of nitrogens with one attached hydrogen (secondary N) is 1. The second-order valence-electron chi connectivity index (χ2n) is 9.85. The van der Waals surface area contributed by atoms with Gasteiger partial charge in [0, 0.05) is 20.0 Å². The van der Waals surface area contributed by atoms with Crippen molar-refractivity contribution in [1.29, 1.82) is 0 Å². The molecule has 0 aromatic heterocycles. The van der Waals surface area contributed by atoms with Gasteiger partial charge >= 0.3 is 0 Å². The summed E-state index contributed by atoms with van der Waals surface area (Å²) in [6, 6.07) is 30.8. The SMILES string of the molecule is CNC(=O)[C@H](Cc1ccccc1)N(Cc1ccccc1)C(=O)CN(c1ccc(C)cc1)S(=O)(=O)c1ccc(OC)cc1. The smallest absolute Gasteiger partial charge is 0.264 e. The maximum Gasteiger partial charge on any atom is 0.264 e. The van der Waals surface area contributed by atoms with Crippen molar-refractivity contribution in [3.05, 3.63) is 126 Å². The van der Waals surface area contributed by atoms with Gasteiger partial charge in [0.25, 0.3) is 10.0 Å². The third kappa shape index (κ3) is 7.36. The van der Waals surface area contributed by atoms with Gasteiger partial charge in [0.15, 0.2) is 0 Å². The van der Waals surface area contributed by atoms with Gasteiger partial charge in [-0.15, -0.1) is 0 Å². The van der Waals surface area contributed by atoms with Gasteiger partial charge in [-0.05, 0) is 54.4 Å². The predicted molar refractivity (Wildman–Crippen MR) is 164 cm³/mol. The molecule has 0 fully saturated rings.